The molecule has 1 atom stereocenters. The van der Waals surface area contributed by atoms with Crippen LogP contribution in [0.4, 0.5) is 4.79 Å². The van der Waals surface area contributed by atoms with Crippen LogP contribution in [0.3, 0.4) is 0 Å². The summed E-state index contributed by atoms with van der Waals surface area (Å²) >= 11 is 0. The zero-order valence-corrected chi connectivity index (χ0v) is 10.4. The summed E-state index contributed by atoms with van der Waals surface area (Å²) in [6.07, 6.45) is 0.609. The molecule has 0 radical (unpaired) electrons. The average Bonchev–Trinajstić information content (AvgIpc) is 2.78. The Hall–Kier alpha value is -1.75. The largest absolute Gasteiger partial charge is 0.497 e. The van der Waals surface area contributed by atoms with Crippen LogP contribution in [0.15, 0.2) is 24.3 Å². The first-order valence-electron chi connectivity index (χ1n) is 6.05. The number of aliphatic hydroxyl groups excluding tert-OH is 1. The standard InChI is InChI=1S/C13H18N2O3/c1-18-11-5-2-4-10(8-11)12-9-15(6-3-7-16)13(17)14-12/h2,4-5,8,12,16H,3,6-7,9H2,1H3,(H,14,17). The highest BCUT2D eigenvalue weighted by atomic mass is 16.5. The van der Waals surface area contributed by atoms with Crippen molar-refractivity contribution in [1.29, 1.82) is 0 Å². The monoisotopic (exact) mass is 250 g/mol. The summed E-state index contributed by atoms with van der Waals surface area (Å²) in [6.45, 7) is 1.32. The Morgan fingerprint density at radius 1 is 1.56 bits per heavy atom. The van der Waals surface area contributed by atoms with Crippen molar-refractivity contribution in [1.82, 2.24) is 10.2 Å². The fraction of sp³-hybridized carbons (Fsp3) is 0.462. The second-order valence-electron chi connectivity index (χ2n) is 4.30. The molecule has 1 aromatic carbocycles. The van der Waals surface area contributed by atoms with Gasteiger partial charge in [0.15, 0.2) is 0 Å². The summed E-state index contributed by atoms with van der Waals surface area (Å²) in [6, 6.07) is 7.62. The predicted molar refractivity (Wildman–Crippen MR) is 67.5 cm³/mol. The zero-order valence-electron chi connectivity index (χ0n) is 10.4. The first-order chi connectivity index (χ1) is 8.74. The molecular weight excluding hydrogens is 232 g/mol. The number of nitrogens with zero attached hydrogens (tertiary/aromatic N) is 1. The number of nitrogens with one attached hydrogen (secondary N) is 1. The number of rotatable bonds is 5. The number of carbonyl (C=O) groups is 1. The van der Waals surface area contributed by atoms with E-state index in [2.05, 4.69) is 5.32 Å². The summed E-state index contributed by atoms with van der Waals surface area (Å²) in [5.74, 6) is 0.788. The van der Waals surface area contributed by atoms with Crippen LogP contribution in [0.2, 0.25) is 0 Å². The van der Waals surface area contributed by atoms with E-state index in [1.54, 1.807) is 12.0 Å². The highest BCUT2D eigenvalue weighted by molar-refractivity contribution is 5.77. The van der Waals surface area contributed by atoms with Crippen LogP contribution in [0.5, 0.6) is 5.75 Å². The molecule has 98 valence electrons. The Bertz CT molecular complexity index is 422. The summed E-state index contributed by atoms with van der Waals surface area (Å²) in [5, 5.41) is 11.7. The van der Waals surface area contributed by atoms with Gasteiger partial charge in [-0.2, -0.15) is 0 Å². The minimum absolute atomic E-state index is 0.00806. The van der Waals surface area contributed by atoms with Gasteiger partial charge < -0.3 is 20.1 Å². The van der Waals surface area contributed by atoms with E-state index in [9.17, 15) is 4.79 Å². The smallest absolute Gasteiger partial charge is 0.318 e. The van der Waals surface area contributed by atoms with Crippen LogP contribution in [0.25, 0.3) is 0 Å². The van der Waals surface area contributed by atoms with Gasteiger partial charge in [0.1, 0.15) is 5.75 Å². The van der Waals surface area contributed by atoms with Crippen molar-refractivity contribution in [2.75, 3.05) is 26.8 Å². The Balaban J connectivity index is 2.04. The topological polar surface area (TPSA) is 61.8 Å². The molecule has 0 aromatic heterocycles. The molecule has 0 aliphatic carbocycles. The van der Waals surface area contributed by atoms with Crippen molar-refractivity contribution in [3.63, 3.8) is 0 Å². The molecule has 1 unspecified atom stereocenters. The molecule has 5 heteroatoms. The summed E-state index contributed by atoms with van der Waals surface area (Å²) in [4.78, 5) is 13.4. The van der Waals surface area contributed by atoms with Crippen molar-refractivity contribution >= 4 is 6.03 Å². The lowest BCUT2D eigenvalue weighted by Gasteiger charge is -2.14. The number of hydrogen-bond donors (Lipinski definition) is 2. The zero-order chi connectivity index (χ0) is 13.0. The number of amides is 2. The highest BCUT2D eigenvalue weighted by Gasteiger charge is 2.29. The van der Waals surface area contributed by atoms with Crippen molar-refractivity contribution < 1.29 is 14.6 Å². The highest BCUT2D eigenvalue weighted by Crippen LogP contribution is 2.23. The third-order valence-electron chi connectivity index (χ3n) is 3.07. The fourth-order valence-electron chi connectivity index (χ4n) is 2.09. The Morgan fingerprint density at radius 2 is 2.39 bits per heavy atom. The van der Waals surface area contributed by atoms with Gasteiger partial charge in [-0.05, 0) is 24.1 Å². The summed E-state index contributed by atoms with van der Waals surface area (Å²) in [5.41, 5.74) is 1.04. The molecule has 1 heterocycles. The van der Waals surface area contributed by atoms with E-state index in [0.29, 0.717) is 19.5 Å². The minimum atomic E-state index is -0.0729. The van der Waals surface area contributed by atoms with Gasteiger partial charge in [-0.25, -0.2) is 4.79 Å². The molecule has 0 saturated carbocycles. The molecule has 5 nitrogen and oxygen atoms in total. The van der Waals surface area contributed by atoms with Crippen molar-refractivity contribution in [2.45, 2.75) is 12.5 Å². The molecule has 1 fully saturated rings. The number of ether oxygens (including phenoxy) is 1. The number of hydrogen-bond acceptors (Lipinski definition) is 3. The lowest BCUT2D eigenvalue weighted by atomic mass is 10.1. The molecule has 18 heavy (non-hydrogen) atoms. The maximum absolute atomic E-state index is 11.7. The molecule has 2 amide bonds. The average molecular weight is 250 g/mol. The summed E-state index contributed by atoms with van der Waals surface area (Å²) < 4.78 is 5.17. The van der Waals surface area contributed by atoms with Crippen molar-refractivity contribution in [3.05, 3.63) is 29.8 Å². The van der Waals surface area contributed by atoms with Crippen molar-refractivity contribution in [3.8, 4) is 5.75 Å². The van der Waals surface area contributed by atoms with Crippen LogP contribution in [0, 0.1) is 0 Å². The number of carbonyl (C=O) groups excluding carboxylic acids is 1. The van der Waals surface area contributed by atoms with Crippen LogP contribution >= 0.6 is 0 Å². The minimum Gasteiger partial charge on any atom is -0.497 e. The van der Waals surface area contributed by atoms with Gasteiger partial charge in [0, 0.05) is 19.7 Å². The van der Waals surface area contributed by atoms with Gasteiger partial charge in [0.05, 0.1) is 13.2 Å². The predicted octanol–water partition coefficient (Wildman–Crippen LogP) is 1.14. The van der Waals surface area contributed by atoms with E-state index in [1.807, 2.05) is 24.3 Å². The SMILES string of the molecule is COc1cccc(C2CN(CCCO)C(=O)N2)c1. The molecule has 0 spiro atoms. The van der Waals surface area contributed by atoms with Gasteiger partial charge in [-0.3, -0.25) is 0 Å². The molecular formula is C13H18N2O3. The summed E-state index contributed by atoms with van der Waals surface area (Å²) in [7, 11) is 1.62. The van der Waals surface area contributed by atoms with Crippen LogP contribution in [0.1, 0.15) is 18.0 Å². The number of urea groups is 1. The van der Waals surface area contributed by atoms with Crippen molar-refractivity contribution in [2.24, 2.45) is 0 Å². The number of benzene rings is 1. The maximum atomic E-state index is 11.7. The lowest BCUT2D eigenvalue weighted by Crippen LogP contribution is -2.29. The van der Waals surface area contributed by atoms with Gasteiger partial charge in [-0.1, -0.05) is 12.1 Å². The van der Waals surface area contributed by atoms with Gasteiger partial charge in [0.2, 0.25) is 0 Å². The van der Waals surface area contributed by atoms with E-state index in [1.165, 1.54) is 0 Å². The molecule has 2 N–H and O–H groups in total. The van der Waals surface area contributed by atoms with Gasteiger partial charge >= 0.3 is 6.03 Å². The second kappa shape index (κ2) is 5.73. The Kier molecular flexibility index (Phi) is 4.04. The van der Waals surface area contributed by atoms with E-state index in [4.69, 9.17) is 9.84 Å². The molecule has 1 aliphatic heterocycles. The van der Waals surface area contributed by atoms with E-state index < -0.39 is 0 Å². The first-order valence-corrected chi connectivity index (χ1v) is 6.05. The molecule has 0 bridgehead atoms. The quantitative estimate of drug-likeness (QED) is 0.824. The first kappa shape index (κ1) is 12.7. The van der Waals surface area contributed by atoms with E-state index in [-0.39, 0.29) is 18.7 Å². The normalized spacial score (nSPS) is 18.9. The van der Waals surface area contributed by atoms with Crippen LogP contribution < -0.4 is 10.1 Å². The third-order valence-corrected chi connectivity index (χ3v) is 3.07. The Labute approximate surface area is 106 Å². The van der Waals surface area contributed by atoms with Crippen LogP contribution in [-0.2, 0) is 0 Å². The molecule has 2 rings (SSSR count). The van der Waals surface area contributed by atoms with Gasteiger partial charge in [0.25, 0.3) is 0 Å². The molecule has 1 saturated heterocycles. The molecule has 1 aliphatic rings. The number of methoxy groups -OCH3 is 1. The maximum Gasteiger partial charge on any atom is 0.318 e. The Morgan fingerprint density at radius 3 is 3.11 bits per heavy atom. The van der Waals surface area contributed by atoms with Gasteiger partial charge in [-0.15, -0.1) is 0 Å². The second-order valence-corrected chi connectivity index (χ2v) is 4.30. The number of aliphatic hydroxyl groups is 1. The van der Waals surface area contributed by atoms with E-state index in [0.717, 1.165) is 11.3 Å². The fourth-order valence-corrected chi connectivity index (χ4v) is 2.09. The third kappa shape index (κ3) is 2.73. The van der Waals surface area contributed by atoms with Crippen LogP contribution in [-0.4, -0.2) is 42.8 Å². The van der Waals surface area contributed by atoms with E-state index >= 15 is 0 Å². The molecule has 1 aromatic rings. The lowest BCUT2D eigenvalue weighted by molar-refractivity contribution is 0.209.